The molecule has 0 radical (unpaired) electrons. The van der Waals surface area contributed by atoms with Gasteiger partial charge in [0.2, 0.25) is 0 Å². The van der Waals surface area contributed by atoms with Gasteiger partial charge in [-0.2, -0.15) is 0 Å². The van der Waals surface area contributed by atoms with Gasteiger partial charge in [0.15, 0.2) is 0 Å². The summed E-state index contributed by atoms with van der Waals surface area (Å²) >= 11 is 0. The first-order valence-electron chi connectivity index (χ1n) is 9.43. The average Bonchev–Trinajstić information content (AvgIpc) is 2.69. The smallest absolute Gasteiger partial charge is 0.0184 e. The highest BCUT2D eigenvalue weighted by molar-refractivity contribution is 5.80. The number of allylic oxidation sites excluding steroid dienone is 7. The molecule has 0 heteroatoms. The zero-order valence-electron chi connectivity index (χ0n) is 16.9. The molecule has 0 nitrogen and oxygen atoms in total. The topological polar surface area (TPSA) is 0 Å². The van der Waals surface area contributed by atoms with Crippen molar-refractivity contribution >= 4 is 11.1 Å². The first-order chi connectivity index (χ1) is 12.9. The molecular weight excluding hydrogens is 324 g/mol. The molecule has 0 atom stereocenters. The molecule has 0 spiro atoms. The molecule has 138 valence electrons. The minimum atomic E-state index is 1.02. The average molecular weight is 355 g/mol. The zero-order valence-corrected chi connectivity index (χ0v) is 16.9. The van der Waals surface area contributed by atoms with E-state index >= 15 is 0 Å². The summed E-state index contributed by atoms with van der Waals surface area (Å²) in [5.74, 6) is 0. The molecular formula is C27H30. The SMILES string of the molecule is C=C(C)C(=C)c1ccc(C)cc1.C=C(C1=CCCC=C1)c1ccc(C)cc1. The Balaban J connectivity index is 0.000000199. The Kier molecular flexibility index (Phi) is 7.37. The number of hydrogen-bond donors (Lipinski definition) is 0. The Labute approximate surface area is 165 Å². The lowest BCUT2D eigenvalue weighted by Crippen LogP contribution is -1.89. The maximum absolute atomic E-state index is 4.16. The van der Waals surface area contributed by atoms with Crippen LogP contribution in [0.15, 0.2) is 97.6 Å². The van der Waals surface area contributed by atoms with Crippen LogP contribution in [0.4, 0.5) is 0 Å². The van der Waals surface area contributed by atoms with E-state index in [0.29, 0.717) is 0 Å². The van der Waals surface area contributed by atoms with Crippen molar-refractivity contribution in [2.45, 2.75) is 33.6 Å². The molecule has 3 rings (SSSR count). The van der Waals surface area contributed by atoms with Gasteiger partial charge in [0.1, 0.15) is 0 Å². The second-order valence-electron chi connectivity index (χ2n) is 7.11. The van der Waals surface area contributed by atoms with E-state index in [2.05, 4.69) is 100 Å². The molecule has 0 bridgehead atoms. The van der Waals surface area contributed by atoms with Gasteiger partial charge in [0, 0.05) is 0 Å². The van der Waals surface area contributed by atoms with E-state index in [-0.39, 0.29) is 0 Å². The molecule has 0 heterocycles. The first kappa shape index (κ1) is 20.5. The summed E-state index contributed by atoms with van der Waals surface area (Å²) in [5.41, 5.74) is 9.39. The van der Waals surface area contributed by atoms with Crippen molar-refractivity contribution < 1.29 is 0 Å². The second kappa shape index (κ2) is 9.73. The van der Waals surface area contributed by atoms with Crippen molar-refractivity contribution in [3.8, 4) is 0 Å². The number of aryl methyl sites for hydroxylation is 2. The number of benzene rings is 2. The Bertz CT molecular complexity index is 869. The standard InChI is InChI=1S/C15H16.C12H14/c1-12-8-10-15(11-9-12)13(2)14-6-4-3-5-7-14;1-9(2)11(4)12-7-5-10(3)6-8-12/h4,6-11H,2-3,5H2,1H3;5-8H,1,4H2,2-3H3. The van der Waals surface area contributed by atoms with Gasteiger partial charge in [-0.3, -0.25) is 0 Å². The maximum Gasteiger partial charge on any atom is -0.0184 e. The fraction of sp³-hybridized carbons (Fsp3) is 0.185. The van der Waals surface area contributed by atoms with Crippen molar-refractivity contribution in [3.63, 3.8) is 0 Å². The van der Waals surface area contributed by atoms with Gasteiger partial charge in [-0.05, 0) is 61.5 Å². The normalized spacial score (nSPS) is 12.5. The number of hydrogen-bond acceptors (Lipinski definition) is 0. The van der Waals surface area contributed by atoms with E-state index in [4.69, 9.17) is 0 Å². The summed E-state index contributed by atoms with van der Waals surface area (Å²) < 4.78 is 0. The van der Waals surface area contributed by atoms with E-state index in [9.17, 15) is 0 Å². The molecule has 0 saturated carbocycles. The predicted octanol–water partition coefficient (Wildman–Crippen LogP) is 7.87. The van der Waals surface area contributed by atoms with Crippen LogP contribution in [0, 0.1) is 13.8 Å². The highest BCUT2D eigenvalue weighted by Crippen LogP contribution is 2.25. The Morgan fingerprint density at radius 2 is 1.26 bits per heavy atom. The third-order valence-corrected chi connectivity index (χ3v) is 4.66. The molecule has 0 saturated heterocycles. The van der Waals surface area contributed by atoms with Crippen molar-refractivity contribution in [2.24, 2.45) is 0 Å². The van der Waals surface area contributed by atoms with E-state index in [0.717, 1.165) is 35.1 Å². The van der Waals surface area contributed by atoms with E-state index in [1.54, 1.807) is 0 Å². The lowest BCUT2D eigenvalue weighted by atomic mass is 9.95. The molecule has 27 heavy (non-hydrogen) atoms. The highest BCUT2D eigenvalue weighted by Gasteiger charge is 2.04. The zero-order chi connectivity index (χ0) is 19.8. The predicted molar refractivity (Wildman–Crippen MR) is 122 cm³/mol. The molecule has 0 aromatic heterocycles. The summed E-state index contributed by atoms with van der Waals surface area (Å²) in [7, 11) is 0. The van der Waals surface area contributed by atoms with Gasteiger partial charge in [-0.15, -0.1) is 0 Å². The fourth-order valence-electron chi connectivity index (χ4n) is 2.76. The summed E-state index contributed by atoms with van der Waals surface area (Å²) in [6.07, 6.45) is 8.95. The lowest BCUT2D eigenvalue weighted by Gasteiger charge is -2.10. The molecule has 2 aromatic rings. The number of rotatable bonds is 4. The summed E-state index contributed by atoms with van der Waals surface area (Å²) in [4.78, 5) is 0. The molecule has 1 aliphatic carbocycles. The first-order valence-corrected chi connectivity index (χ1v) is 9.43. The van der Waals surface area contributed by atoms with Crippen LogP contribution in [-0.2, 0) is 0 Å². The highest BCUT2D eigenvalue weighted by atomic mass is 14.1. The van der Waals surface area contributed by atoms with E-state index in [1.165, 1.54) is 22.3 Å². The van der Waals surface area contributed by atoms with Gasteiger partial charge >= 0.3 is 0 Å². The Morgan fingerprint density at radius 1 is 0.741 bits per heavy atom. The summed E-state index contributed by atoms with van der Waals surface area (Å²) in [6.45, 7) is 18.1. The monoisotopic (exact) mass is 354 g/mol. The van der Waals surface area contributed by atoms with Crippen molar-refractivity contribution in [1.82, 2.24) is 0 Å². The van der Waals surface area contributed by atoms with Crippen LogP contribution in [0.2, 0.25) is 0 Å². The van der Waals surface area contributed by atoms with Crippen LogP contribution in [-0.4, -0.2) is 0 Å². The molecule has 2 aromatic carbocycles. The minimum Gasteiger partial charge on any atom is -0.0955 e. The van der Waals surface area contributed by atoms with Crippen molar-refractivity contribution in [3.05, 3.63) is 120 Å². The lowest BCUT2D eigenvalue weighted by molar-refractivity contribution is 1.03. The van der Waals surface area contributed by atoms with Gasteiger partial charge in [-0.25, -0.2) is 0 Å². The van der Waals surface area contributed by atoms with Crippen LogP contribution in [0.25, 0.3) is 11.1 Å². The Morgan fingerprint density at radius 3 is 1.70 bits per heavy atom. The van der Waals surface area contributed by atoms with Crippen LogP contribution >= 0.6 is 0 Å². The minimum absolute atomic E-state index is 1.02. The van der Waals surface area contributed by atoms with Crippen LogP contribution in [0.5, 0.6) is 0 Å². The van der Waals surface area contributed by atoms with Gasteiger partial charge in [0.05, 0.1) is 0 Å². The third-order valence-electron chi connectivity index (χ3n) is 4.66. The third kappa shape index (κ3) is 6.11. The van der Waals surface area contributed by atoms with Gasteiger partial charge < -0.3 is 0 Å². The van der Waals surface area contributed by atoms with E-state index < -0.39 is 0 Å². The van der Waals surface area contributed by atoms with Crippen molar-refractivity contribution in [2.75, 3.05) is 0 Å². The molecule has 0 N–H and O–H groups in total. The summed E-state index contributed by atoms with van der Waals surface area (Å²) in [5, 5.41) is 0. The Hall–Kier alpha value is -2.86. The molecule has 0 fully saturated rings. The van der Waals surface area contributed by atoms with Crippen LogP contribution < -0.4 is 0 Å². The molecule has 0 aliphatic heterocycles. The maximum atomic E-state index is 4.16. The van der Waals surface area contributed by atoms with E-state index in [1.807, 2.05) is 6.92 Å². The largest absolute Gasteiger partial charge is 0.0955 e. The second-order valence-corrected chi connectivity index (χ2v) is 7.11. The van der Waals surface area contributed by atoms with Gasteiger partial charge in [-0.1, -0.05) is 103 Å². The van der Waals surface area contributed by atoms with Crippen molar-refractivity contribution in [1.29, 1.82) is 0 Å². The fourth-order valence-corrected chi connectivity index (χ4v) is 2.76. The summed E-state index contributed by atoms with van der Waals surface area (Å²) in [6, 6.07) is 16.9. The quantitative estimate of drug-likeness (QED) is 0.490. The van der Waals surface area contributed by atoms with Crippen LogP contribution in [0.3, 0.4) is 0 Å². The van der Waals surface area contributed by atoms with Crippen LogP contribution in [0.1, 0.15) is 42.0 Å². The molecule has 1 aliphatic rings. The molecule has 0 amide bonds. The molecule has 0 unspecified atom stereocenters. The van der Waals surface area contributed by atoms with Gasteiger partial charge in [0.25, 0.3) is 0 Å².